The highest BCUT2D eigenvalue weighted by molar-refractivity contribution is 5.99. The van der Waals surface area contributed by atoms with E-state index >= 15 is 0 Å². The van der Waals surface area contributed by atoms with Gasteiger partial charge in [0.05, 0.1) is 6.04 Å². The summed E-state index contributed by atoms with van der Waals surface area (Å²) in [5.41, 5.74) is 0.959. The minimum Gasteiger partial charge on any atom is -0.353 e. The quantitative estimate of drug-likeness (QED) is 0.577. The smallest absolute Gasteiger partial charge is 0.249 e. The predicted octanol–water partition coefficient (Wildman–Crippen LogP) is 4.72. The molecule has 5 heteroatoms. The zero-order valence-corrected chi connectivity index (χ0v) is 18.6. The van der Waals surface area contributed by atoms with Crippen molar-refractivity contribution in [1.29, 1.82) is 0 Å². The fourth-order valence-corrected chi connectivity index (χ4v) is 5.29. The van der Waals surface area contributed by atoms with E-state index in [0.29, 0.717) is 12.1 Å². The van der Waals surface area contributed by atoms with Gasteiger partial charge in [-0.3, -0.25) is 4.79 Å². The van der Waals surface area contributed by atoms with E-state index in [-0.39, 0.29) is 11.9 Å². The fourth-order valence-electron chi connectivity index (χ4n) is 5.29. The topological polar surface area (TPSA) is 47.9 Å². The minimum absolute atomic E-state index is 0.117. The number of nitrogens with zero attached hydrogens (tertiary/aromatic N) is 3. The largest absolute Gasteiger partial charge is 0.353 e. The van der Waals surface area contributed by atoms with Gasteiger partial charge in [-0.25, -0.2) is 4.99 Å². The minimum atomic E-state index is -0.117. The molecule has 0 radical (unpaired) electrons. The van der Waals surface area contributed by atoms with Gasteiger partial charge in [0, 0.05) is 25.3 Å². The molecule has 164 valence electrons. The Balaban J connectivity index is 1.53. The van der Waals surface area contributed by atoms with Crippen molar-refractivity contribution < 1.29 is 4.79 Å². The zero-order chi connectivity index (χ0) is 20.8. The number of carbonyl (C=O) groups excluding carboxylic acids is 1. The van der Waals surface area contributed by atoms with Gasteiger partial charge in [-0.2, -0.15) is 0 Å². The summed E-state index contributed by atoms with van der Waals surface area (Å²) in [5.74, 6) is 1.19. The van der Waals surface area contributed by atoms with Crippen molar-refractivity contribution in [3.05, 3.63) is 30.3 Å². The molecule has 5 nitrogen and oxygen atoms in total. The first-order chi connectivity index (χ1) is 14.7. The van der Waals surface area contributed by atoms with E-state index in [1.54, 1.807) is 0 Å². The van der Waals surface area contributed by atoms with Crippen molar-refractivity contribution in [3.8, 4) is 0 Å². The number of likely N-dealkylation sites (N-methyl/N-ethyl adjacent to an activating group) is 1. The summed E-state index contributed by atoms with van der Waals surface area (Å²) in [6.07, 6.45) is 14.6. The van der Waals surface area contributed by atoms with Gasteiger partial charge in [-0.05, 0) is 50.7 Å². The van der Waals surface area contributed by atoms with Crippen LogP contribution in [0.2, 0.25) is 0 Å². The Morgan fingerprint density at radius 2 is 1.60 bits per heavy atom. The number of carbonyl (C=O) groups is 1. The van der Waals surface area contributed by atoms with Crippen LogP contribution in [0.1, 0.15) is 77.0 Å². The Morgan fingerprint density at radius 3 is 2.30 bits per heavy atom. The molecule has 3 aliphatic rings. The van der Waals surface area contributed by atoms with Crippen molar-refractivity contribution in [2.24, 2.45) is 4.99 Å². The number of para-hydroxylation sites is 1. The summed E-state index contributed by atoms with van der Waals surface area (Å²) < 4.78 is 0. The maximum absolute atomic E-state index is 13.4. The first-order valence-electron chi connectivity index (χ1n) is 12.2. The van der Waals surface area contributed by atoms with Crippen LogP contribution in [0.4, 0.5) is 5.69 Å². The number of hydrogen-bond acceptors (Lipinski definition) is 2. The van der Waals surface area contributed by atoms with Gasteiger partial charge in [-0.1, -0.05) is 56.7 Å². The van der Waals surface area contributed by atoms with Gasteiger partial charge in [0.2, 0.25) is 5.91 Å². The highest BCUT2D eigenvalue weighted by atomic mass is 16.2. The van der Waals surface area contributed by atoms with E-state index in [2.05, 4.69) is 10.2 Å². The van der Waals surface area contributed by atoms with Gasteiger partial charge in [0.25, 0.3) is 0 Å². The molecule has 2 aliphatic carbocycles. The van der Waals surface area contributed by atoms with E-state index in [1.807, 2.05) is 42.3 Å². The van der Waals surface area contributed by atoms with Crippen LogP contribution < -0.4 is 10.2 Å². The molecule has 0 unspecified atom stereocenters. The lowest BCUT2D eigenvalue weighted by molar-refractivity contribution is -0.121. The Labute approximate surface area is 181 Å². The van der Waals surface area contributed by atoms with E-state index in [4.69, 9.17) is 4.99 Å². The van der Waals surface area contributed by atoms with Crippen LogP contribution in [-0.2, 0) is 4.79 Å². The van der Waals surface area contributed by atoms with Crippen molar-refractivity contribution in [2.75, 3.05) is 18.5 Å². The maximum atomic E-state index is 13.4. The van der Waals surface area contributed by atoms with E-state index < -0.39 is 0 Å². The first-order valence-corrected chi connectivity index (χ1v) is 12.2. The molecule has 1 aromatic rings. The summed E-state index contributed by atoms with van der Waals surface area (Å²) in [6.45, 7) is 0.921. The normalized spacial score (nSPS) is 24.1. The van der Waals surface area contributed by atoms with E-state index in [1.165, 1.54) is 64.2 Å². The number of guanidine groups is 1. The second-order valence-electron chi connectivity index (χ2n) is 9.31. The van der Waals surface area contributed by atoms with Crippen molar-refractivity contribution in [1.82, 2.24) is 10.2 Å². The monoisotopic (exact) mass is 410 g/mol. The number of amides is 1. The SMILES string of the molecule is CN(C(=O)[C@@H]1CCCN1C(=NC1CCCCC1)NC1CCCCC1)c1ccccc1. The molecule has 1 aliphatic heterocycles. The number of anilines is 1. The number of benzene rings is 1. The summed E-state index contributed by atoms with van der Waals surface area (Å²) in [6, 6.07) is 10.8. The molecule has 1 aromatic carbocycles. The molecule has 0 spiro atoms. The van der Waals surface area contributed by atoms with Crippen LogP contribution in [0.15, 0.2) is 35.3 Å². The standard InChI is InChI=1S/C25H38N4O/c1-28(22-16-9-4-10-17-22)24(30)23-18-11-19-29(23)25(26-20-12-5-2-6-13-20)27-21-14-7-3-8-15-21/h4,9-10,16-17,20-21,23H,2-3,5-8,11-15,18-19H2,1H3,(H,26,27)/t23-/m0/s1. The second kappa shape index (κ2) is 10.3. The van der Waals surface area contributed by atoms with Gasteiger partial charge in [-0.15, -0.1) is 0 Å². The average Bonchev–Trinajstić information content (AvgIpc) is 3.29. The molecule has 1 heterocycles. The van der Waals surface area contributed by atoms with Crippen molar-refractivity contribution in [2.45, 2.75) is 95.2 Å². The van der Waals surface area contributed by atoms with E-state index in [9.17, 15) is 4.79 Å². The Hall–Kier alpha value is -2.04. The lowest BCUT2D eigenvalue weighted by Gasteiger charge is -2.34. The summed E-state index contributed by atoms with van der Waals surface area (Å²) >= 11 is 0. The molecule has 0 aromatic heterocycles. The molecule has 1 amide bonds. The number of rotatable bonds is 4. The number of aliphatic imine (C=N–C) groups is 1. The highest BCUT2D eigenvalue weighted by Gasteiger charge is 2.36. The van der Waals surface area contributed by atoms with Crippen LogP contribution in [-0.4, -0.2) is 48.5 Å². The Morgan fingerprint density at radius 1 is 0.933 bits per heavy atom. The second-order valence-corrected chi connectivity index (χ2v) is 9.31. The van der Waals surface area contributed by atoms with Crippen LogP contribution >= 0.6 is 0 Å². The highest BCUT2D eigenvalue weighted by Crippen LogP contribution is 2.26. The molecule has 30 heavy (non-hydrogen) atoms. The third kappa shape index (κ3) is 5.16. The number of nitrogens with one attached hydrogen (secondary N) is 1. The zero-order valence-electron chi connectivity index (χ0n) is 18.6. The van der Waals surface area contributed by atoms with Gasteiger partial charge in [0.1, 0.15) is 6.04 Å². The molecule has 1 saturated heterocycles. The number of likely N-dealkylation sites (tertiary alicyclic amines) is 1. The fraction of sp³-hybridized carbons (Fsp3) is 0.680. The third-order valence-electron chi connectivity index (χ3n) is 7.10. The van der Waals surface area contributed by atoms with Crippen LogP contribution in [0.25, 0.3) is 0 Å². The predicted molar refractivity (Wildman–Crippen MR) is 124 cm³/mol. The van der Waals surface area contributed by atoms with Crippen molar-refractivity contribution >= 4 is 17.6 Å². The molecule has 4 rings (SSSR count). The molecule has 2 saturated carbocycles. The molecular weight excluding hydrogens is 372 g/mol. The summed E-state index contributed by atoms with van der Waals surface area (Å²) in [4.78, 5) is 22.8. The Kier molecular flexibility index (Phi) is 7.29. The van der Waals surface area contributed by atoms with Gasteiger partial charge >= 0.3 is 0 Å². The lowest BCUT2D eigenvalue weighted by Crippen LogP contribution is -2.53. The summed E-state index contributed by atoms with van der Waals surface area (Å²) in [7, 11) is 1.90. The average molecular weight is 411 g/mol. The van der Waals surface area contributed by atoms with Crippen LogP contribution in [0.3, 0.4) is 0 Å². The Bertz CT molecular complexity index is 707. The van der Waals surface area contributed by atoms with E-state index in [0.717, 1.165) is 31.0 Å². The lowest BCUT2D eigenvalue weighted by atomic mass is 9.95. The number of hydrogen-bond donors (Lipinski definition) is 1. The van der Waals surface area contributed by atoms with Gasteiger partial charge < -0.3 is 15.1 Å². The third-order valence-corrected chi connectivity index (χ3v) is 7.10. The molecule has 0 bridgehead atoms. The molecule has 1 N–H and O–H groups in total. The maximum Gasteiger partial charge on any atom is 0.249 e. The molecule has 3 fully saturated rings. The van der Waals surface area contributed by atoms with Crippen molar-refractivity contribution in [3.63, 3.8) is 0 Å². The van der Waals surface area contributed by atoms with Crippen LogP contribution in [0, 0.1) is 0 Å². The first kappa shape index (κ1) is 21.2. The molecule has 1 atom stereocenters. The summed E-state index contributed by atoms with van der Waals surface area (Å²) in [5, 5.41) is 3.81. The molecular formula is C25H38N4O. The van der Waals surface area contributed by atoms with Gasteiger partial charge in [0.15, 0.2) is 5.96 Å². The van der Waals surface area contributed by atoms with Crippen LogP contribution in [0.5, 0.6) is 0 Å².